The summed E-state index contributed by atoms with van der Waals surface area (Å²) >= 11 is 0. The lowest BCUT2D eigenvalue weighted by Crippen LogP contribution is -2.10. The van der Waals surface area contributed by atoms with E-state index < -0.39 is 11.9 Å². The molecule has 7 nitrogen and oxygen atoms in total. The SMILES string of the molecule is O=C(CC=C1OCCO1)OC(=O)CC=C1OCCO1. The van der Waals surface area contributed by atoms with E-state index in [-0.39, 0.29) is 12.8 Å². The van der Waals surface area contributed by atoms with E-state index in [1.165, 1.54) is 12.2 Å². The second kappa shape index (κ2) is 6.67. The molecule has 2 rings (SSSR count). The smallest absolute Gasteiger partial charge is 0.317 e. The molecule has 0 bridgehead atoms. The second-order valence-electron chi connectivity index (χ2n) is 3.69. The first kappa shape index (κ1) is 13.3. The third-order valence-corrected chi connectivity index (χ3v) is 2.24. The Hall–Kier alpha value is -2.18. The summed E-state index contributed by atoms with van der Waals surface area (Å²) in [5, 5.41) is 0. The fraction of sp³-hybridized carbons (Fsp3) is 0.500. The summed E-state index contributed by atoms with van der Waals surface area (Å²) in [6, 6.07) is 0. The van der Waals surface area contributed by atoms with Gasteiger partial charge in [-0.15, -0.1) is 0 Å². The first-order valence-corrected chi connectivity index (χ1v) is 5.89. The molecule has 0 amide bonds. The molecule has 0 aliphatic carbocycles. The van der Waals surface area contributed by atoms with Crippen molar-refractivity contribution in [3.05, 3.63) is 24.0 Å². The Morgan fingerprint density at radius 3 is 1.58 bits per heavy atom. The van der Waals surface area contributed by atoms with Gasteiger partial charge in [-0.2, -0.15) is 0 Å². The van der Waals surface area contributed by atoms with Crippen LogP contribution in [0.15, 0.2) is 24.0 Å². The van der Waals surface area contributed by atoms with Crippen LogP contribution in [0, 0.1) is 0 Å². The molecule has 19 heavy (non-hydrogen) atoms. The number of carbonyl (C=O) groups excluding carboxylic acids is 2. The van der Waals surface area contributed by atoms with Gasteiger partial charge in [0.05, 0.1) is 12.8 Å². The fourth-order valence-corrected chi connectivity index (χ4v) is 1.43. The Bertz CT molecular complexity index is 356. The van der Waals surface area contributed by atoms with Crippen molar-refractivity contribution in [2.45, 2.75) is 12.8 Å². The van der Waals surface area contributed by atoms with Crippen molar-refractivity contribution in [3.63, 3.8) is 0 Å². The van der Waals surface area contributed by atoms with E-state index >= 15 is 0 Å². The number of esters is 2. The van der Waals surface area contributed by atoms with Crippen molar-refractivity contribution in [1.29, 1.82) is 0 Å². The summed E-state index contributed by atoms with van der Waals surface area (Å²) in [5.74, 6) is -0.745. The predicted molar refractivity (Wildman–Crippen MR) is 60.3 cm³/mol. The molecule has 0 N–H and O–H groups in total. The number of ether oxygens (including phenoxy) is 5. The third-order valence-electron chi connectivity index (χ3n) is 2.24. The van der Waals surface area contributed by atoms with Gasteiger partial charge in [0.2, 0.25) is 0 Å². The van der Waals surface area contributed by atoms with Gasteiger partial charge in [-0.05, 0) is 0 Å². The first-order valence-electron chi connectivity index (χ1n) is 5.89. The van der Waals surface area contributed by atoms with Crippen LogP contribution >= 0.6 is 0 Å². The molecule has 7 heteroatoms. The maximum Gasteiger partial charge on any atom is 0.317 e. The normalized spacial score (nSPS) is 16.8. The first-order chi connectivity index (χ1) is 9.24. The molecule has 0 radical (unpaired) electrons. The molecule has 104 valence electrons. The van der Waals surface area contributed by atoms with Gasteiger partial charge in [-0.3, -0.25) is 9.59 Å². The summed E-state index contributed by atoms with van der Waals surface area (Å²) in [6.07, 6.45) is 2.71. The second-order valence-corrected chi connectivity index (χ2v) is 3.69. The Labute approximate surface area is 109 Å². The lowest BCUT2D eigenvalue weighted by atomic mass is 10.4. The van der Waals surface area contributed by atoms with E-state index in [0.29, 0.717) is 38.3 Å². The van der Waals surface area contributed by atoms with Crippen LogP contribution in [-0.2, 0) is 33.3 Å². The molecular formula is C12H14O7. The maximum absolute atomic E-state index is 11.3. The molecule has 0 aromatic carbocycles. The molecule has 0 saturated carbocycles. The monoisotopic (exact) mass is 270 g/mol. The lowest BCUT2D eigenvalue weighted by Gasteiger charge is -2.00. The molecular weight excluding hydrogens is 256 g/mol. The summed E-state index contributed by atoms with van der Waals surface area (Å²) in [4.78, 5) is 22.6. The van der Waals surface area contributed by atoms with Crippen LogP contribution < -0.4 is 0 Å². The number of carbonyl (C=O) groups is 2. The standard InChI is InChI=1S/C12H14O7/c13-9(1-3-11-15-5-6-16-11)19-10(14)2-4-12-17-7-8-18-12/h3-4H,1-2,5-8H2. The minimum absolute atomic E-state index is 0.0787. The molecule has 2 aliphatic rings. The topological polar surface area (TPSA) is 80.3 Å². The average Bonchev–Trinajstić information content (AvgIpc) is 3.07. The molecule has 2 heterocycles. The van der Waals surface area contributed by atoms with E-state index in [9.17, 15) is 9.59 Å². The molecule has 2 aliphatic heterocycles. The van der Waals surface area contributed by atoms with Crippen LogP contribution in [0.2, 0.25) is 0 Å². The van der Waals surface area contributed by atoms with E-state index in [1.54, 1.807) is 0 Å². The molecule has 0 unspecified atom stereocenters. The van der Waals surface area contributed by atoms with Crippen molar-refractivity contribution in [2.24, 2.45) is 0 Å². The highest BCUT2D eigenvalue weighted by molar-refractivity contribution is 5.86. The van der Waals surface area contributed by atoms with Crippen molar-refractivity contribution in [2.75, 3.05) is 26.4 Å². The van der Waals surface area contributed by atoms with Crippen LogP contribution in [0.5, 0.6) is 0 Å². The van der Waals surface area contributed by atoms with Gasteiger partial charge in [-0.1, -0.05) is 0 Å². The highest BCUT2D eigenvalue weighted by Gasteiger charge is 2.14. The molecule has 2 fully saturated rings. The van der Waals surface area contributed by atoms with Crippen LogP contribution in [0.1, 0.15) is 12.8 Å². The maximum atomic E-state index is 11.3. The minimum atomic E-state index is -0.664. The largest absolute Gasteiger partial charge is 0.462 e. The van der Waals surface area contributed by atoms with Gasteiger partial charge in [0, 0.05) is 12.2 Å². The molecule has 0 aromatic rings. The van der Waals surface area contributed by atoms with E-state index in [0.717, 1.165) is 0 Å². The lowest BCUT2D eigenvalue weighted by molar-refractivity contribution is -0.158. The molecule has 0 aromatic heterocycles. The Kier molecular flexibility index (Phi) is 4.66. The highest BCUT2D eigenvalue weighted by atomic mass is 16.7. The molecule has 0 spiro atoms. The van der Waals surface area contributed by atoms with Crippen LogP contribution in [0.25, 0.3) is 0 Å². The quantitative estimate of drug-likeness (QED) is 0.547. The van der Waals surface area contributed by atoms with Crippen molar-refractivity contribution in [3.8, 4) is 0 Å². The zero-order valence-corrected chi connectivity index (χ0v) is 10.3. The highest BCUT2D eigenvalue weighted by Crippen LogP contribution is 2.10. The Morgan fingerprint density at radius 1 is 0.842 bits per heavy atom. The minimum Gasteiger partial charge on any atom is -0.462 e. The van der Waals surface area contributed by atoms with Gasteiger partial charge in [0.15, 0.2) is 0 Å². The van der Waals surface area contributed by atoms with Gasteiger partial charge in [0.1, 0.15) is 26.4 Å². The Balaban J connectivity index is 1.67. The zero-order valence-electron chi connectivity index (χ0n) is 10.3. The zero-order chi connectivity index (χ0) is 13.5. The predicted octanol–water partition coefficient (Wildman–Crippen LogP) is 0.613. The number of hydrogen-bond acceptors (Lipinski definition) is 7. The van der Waals surface area contributed by atoms with Gasteiger partial charge >= 0.3 is 11.9 Å². The summed E-state index contributed by atoms with van der Waals surface area (Å²) in [6.45, 7) is 1.86. The van der Waals surface area contributed by atoms with E-state index in [2.05, 4.69) is 4.74 Å². The van der Waals surface area contributed by atoms with Gasteiger partial charge < -0.3 is 23.7 Å². The van der Waals surface area contributed by atoms with E-state index in [1.807, 2.05) is 0 Å². The van der Waals surface area contributed by atoms with Crippen LogP contribution in [-0.4, -0.2) is 38.4 Å². The van der Waals surface area contributed by atoms with Crippen molar-refractivity contribution >= 4 is 11.9 Å². The van der Waals surface area contributed by atoms with Crippen molar-refractivity contribution < 1.29 is 33.3 Å². The summed E-state index contributed by atoms with van der Waals surface area (Å²) in [7, 11) is 0. The van der Waals surface area contributed by atoms with Crippen LogP contribution in [0.3, 0.4) is 0 Å². The fourth-order valence-electron chi connectivity index (χ4n) is 1.43. The number of hydrogen-bond donors (Lipinski definition) is 0. The summed E-state index contributed by atoms with van der Waals surface area (Å²) < 4.78 is 24.7. The van der Waals surface area contributed by atoms with Crippen molar-refractivity contribution in [1.82, 2.24) is 0 Å². The van der Waals surface area contributed by atoms with Gasteiger partial charge in [0.25, 0.3) is 11.9 Å². The average molecular weight is 270 g/mol. The van der Waals surface area contributed by atoms with Gasteiger partial charge in [-0.25, -0.2) is 0 Å². The molecule has 0 atom stereocenters. The number of rotatable bonds is 4. The summed E-state index contributed by atoms with van der Waals surface area (Å²) in [5.41, 5.74) is 0. The molecule has 2 saturated heterocycles. The third kappa shape index (κ3) is 4.53. The Morgan fingerprint density at radius 2 is 1.21 bits per heavy atom. The van der Waals surface area contributed by atoms with Crippen LogP contribution in [0.4, 0.5) is 0 Å². The van der Waals surface area contributed by atoms with E-state index in [4.69, 9.17) is 18.9 Å².